The molecule has 9 nitrogen and oxygen atoms in total. The molecular formula is C18H18N4O5S. The fourth-order valence-corrected chi connectivity index (χ4v) is 3.59. The van der Waals surface area contributed by atoms with E-state index in [0.29, 0.717) is 11.2 Å². The molecule has 0 radical (unpaired) electrons. The highest BCUT2D eigenvalue weighted by atomic mass is 32.2. The molecule has 2 aromatic heterocycles. The molecule has 0 unspecified atom stereocenters. The third kappa shape index (κ3) is 4.12. The van der Waals surface area contributed by atoms with Gasteiger partial charge in [-0.05, 0) is 43.3 Å². The van der Waals surface area contributed by atoms with E-state index < -0.39 is 16.0 Å². The largest absolute Gasteiger partial charge is 0.462 e. The molecule has 2 heterocycles. The quantitative estimate of drug-likeness (QED) is 0.611. The minimum atomic E-state index is -3.86. The van der Waals surface area contributed by atoms with Crippen LogP contribution in [0.5, 0.6) is 0 Å². The van der Waals surface area contributed by atoms with Crippen molar-refractivity contribution < 1.29 is 22.7 Å². The first-order chi connectivity index (χ1) is 13.3. The molecule has 2 N–H and O–H groups in total. The second kappa shape index (κ2) is 7.69. The summed E-state index contributed by atoms with van der Waals surface area (Å²) in [6, 6.07) is 8.79. The first-order valence-corrected chi connectivity index (χ1v) is 9.83. The van der Waals surface area contributed by atoms with Crippen molar-refractivity contribution >= 4 is 38.8 Å². The number of ether oxygens (including phenoxy) is 1. The van der Waals surface area contributed by atoms with Crippen molar-refractivity contribution in [3.63, 3.8) is 0 Å². The van der Waals surface area contributed by atoms with E-state index in [-0.39, 0.29) is 28.7 Å². The molecule has 0 saturated heterocycles. The first kappa shape index (κ1) is 19.4. The molecule has 146 valence electrons. The standard InChI is InChI=1S/C18H18N4O5S/c1-3-27-18(24)16-11-19-22-9-8-14(10-17(16)22)21-28(25,26)15-6-4-13(5-7-15)20-12(2)23/h4-11,21H,3H2,1-2H3,(H,20,23). The van der Waals surface area contributed by atoms with Crippen LogP contribution in [0.3, 0.4) is 0 Å². The number of sulfonamides is 1. The number of fused-ring (bicyclic) bond motifs is 1. The van der Waals surface area contributed by atoms with Gasteiger partial charge in [0.1, 0.15) is 5.56 Å². The summed E-state index contributed by atoms with van der Waals surface area (Å²) in [6.07, 6.45) is 2.90. The number of nitrogens with zero attached hydrogens (tertiary/aromatic N) is 2. The van der Waals surface area contributed by atoms with E-state index in [9.17, 15) is 18.0 Å². The third-order valence-electron chi connectivity index (χ3n) is 3.75. The van der Waals surface area contributed by atoms with E-state index in [2.05, 4.69) is 15.1 Å². The Labute approximate surface area is 161 Å². The highest BCUT2D eigenvalue weighted by Crippen LogP contribution is 2.21. The van der Waals surface area contributed by atoms with Gasteiger partial charge in [0.2, 0.25) is 5.91 Å². The molecule has 0 aliphatic heterocycles. The molecule has 0 spiro atoms. The van der Waals surface area contributed by atoms with Crippen LogP contribution in [0.2, 0.25) is 0 Å². The van der Waals surface area contributed by atoms with Crippen molar-refractivity contribution in [1.29, 1.82) is 0 Å². The van der Waals surface area contributed by atoms with E-state index in [0.717, 1.165) is 0 Å². The highest BCUT2D eigenvalue weighted by Gasteiger charge is 2.17. The zero-order chi connectivity index (χ0) is 20.3. The van der Waals surface area contributed by atoms with Gasteiger partial charge < -0.3 is 10.1 Å². The van der Waals surface area contributed by atoms with E-state index in [4.69, 9.17) is 4.74 Å². The number of anilines is 2. The van der Waals surface area contributed by atoms with Gasteiger partial charge in [0, 0.05) is 18.8 Å². The number of carbonyl (C=O) groups excluding carboxylic acids is 2. The van der Waals surface area contributed by atoms with Crippen LogP contribution in [0.1, 0.15) is 24.2 Å². The van der Waals surface area contributed by atoms with Crippen molar-refractivity contribution in [2.75, 3.05) is 16.6 Å². The highest BCUT2D eigenvalue weighted by molar-refractivity contribution is 7.92. The summed E-state index contributed by atoms with van der Waals surface area (Å²) in [5.74, 6) is -0.786. The molecule has 1 aromatic carbocycles. The number of benzene rings is 1. The van der Waals surface area contributed by atoms with Gasteiger partial charge in [0.25, 0.3) is 10.0 Å². The Hall–Kier alpha value is -3.40. The first-order valence-electron chi connectivity index (χ1n) is 8.35. The molecule has 1 amide bonds. The number of amides is 1. The van der Waals surface area contributed by atoms with Crippen LogP contribution in [0, 0.1) is 0 Å². The molecule has 28 heavy (non-hydrogen) atoms. The van der Waals surface area contributed by atoms with E-state index in [1.54, 1.807) is 6.92 Å². The molecule has 0 fully saturated rings. The van der Waals surface area contributed by atoms with Crippen molar-refractivity contribution in [3.8, 4) is 0 Å². The monoisotopic (exact) mass is 402 g/mol. The van der Waals surface area contributed by atoms with Gasteiger partial charge in [-0.25, -0.2) is 17.7 Å². The Morgan fingerprint density at radius 1 is 1.14 bits per heavy atom. The SMILES string of the molecule is CCOC(=O)c1cnn2ccc(NS(=O)(=O)c3ccc(NC(C)=O)cc3)cc12. The van der Waals surface area contributed by atoms with Crippen molar-refractivity contribution in [2.45, 2.75) is 18.7 Å². The van der Waals surface area contributed by atoms with Gasteiger partial charge in [0.05, 0.1) is 28.9 Å². The van der Waals surface area contributed by atoms with Crippen LogP contribution in [-0.2, 0) is 19.6 Å². The summed E-state index contributed by atoms with van der Waals surface area (Å²) in [5, 5.41) is 6.62. The maximum absolute atomic E-state index is 12.6. The summed E-state index contributed by atoms with van der Waals surface area (Å²) < 4.78 is 34.1. The second-order valence-electron chi connectivity index (χ2n) is 5.84. The van der Waals surface area contributed by atoms with Gasteiger partial charge in [-0.15, -0.1) is 0 Å². The van der Waals surface area contributed by atoms with Gasteiger partial charge in [-0.1, -0.05) is 0 Å². The molecule has 0 aliphatic carbocycles. The van der Waals surface area contributed by atoms with Crippen LogP contribution in [0.4, 0.5) is 11.4 Å². The molecule has 0 atom stereocenters. The number of carbonyl (C=O) groups is 2. The van der Waals surface area contributed by atoms with Crippen LogP contribution in [-0.4, -0.2) is 36.5 Å². The average molecular weight is 402 g/mol. The predicted molar refractivity (Wildman–Crippen MR) is 103 cm³/mol. The van der Waals surface area contributed by atoms with Gasteiger partial charge in [0.15, 0.2) is 0 Å². The number of hydrogen-bond acceptors (Lipinski definition) is 6. The maximum atomic E-state index is 12.6. The van der Waals surface area contributed by atoms with Gasteiger partial charge in [-0.2, -0.15) is 5.10 Å². The number of esters is 1. The smallest absolute Gasteiger partial charge is 0.341 e. The summed E-state index contributed by atoms with van der Waals surface area (Å²) >= 11 is 0. The number of pyridine rings is 1. The Balaban J connectivity index is 1.87. The third-order valence-corrected chi connectivity index (χ3v) is 5.15. The number of rotatable bonds is 6. The van der Waals surface area contributed by atoms with E-state index >= 15 is 0 Å². The van der Waals surface area contributed by atoms with Crippen molar-refractivity contribution in [2.24, 2.45) is 0 Å². The van der Waals surface area contributed by atoms with E-state index in [1.807, 2.05) is 0 Å². The lowest BCUT2D eigenvalue weighted by atomic mass is 10.2. The fourth-order valence-electron chi connectivity index (χ4n) is 2.55. The van der Waals surface area contributed by atoms with Crippen LogP contribution in [0.25, 0.3) is 5.52 Å². The molecule has 0 bridgehead atoms. The Bertz CT molecular complexity index is 1140. The topological polar surface area (TPSA) is 119 Å². The van der Waals surface area contributed by atoms with Crippen LogP contribution in [0.15, 0.2) is 53.7 Å². The summed E-state index contributed by atoms with van der Waals surface area (Å²) in [6.45, 7) is 3.28. The van der Waals surface area contributed by atoms with Crippen LogP contribution >= 0.6 is 0 Å². The Morgan fingerprint density at radius 2 is 1.86 bits per heavy atom. The van der Waals surface area contributed by atoms with Crippen molar-refractivity contribution in [3.05, 3.63) is 54.4 Å². The molecular weight excluding hydrogens is 384 g/mol. The second-order valence-corrected chi connectivity index (χ2v) is 7.52. The zero-order valence-corrected chi connectivity index (χ0v) is 16.0. The van der Waals surface area contributed by atoms with E-state index in [1.165, 1.54) is 60.2 Å². The molecule has 10 heteroatoms. The minimum absolute atomic E-state index is 0.0283. The zero-order valence-electron chi connectivity index (χ0n) is 15.2. The van der Waals surface area contributed by atoms with Crippen LogP contribution < -0.4 is 10.0 Å². The summed E-state index contributed by atoms with van der Waals surface area (Å²) in [5.41, 5.74) is 1.41. The lowest BCUT2D eigenvalue weighted by Crippen LogP contribution is -2.13. The lowest BCUT2D eigenvalue weighted by Gasteiger charge is -2.10. The predicted octanol–water partition coefficient (Wildman–Crippen LogP) is 2.27. The van der Waals surface area contributed by atoms with Gasteiger partial charge >= 0.3 is 5.97 Å². The van der Waals surface area contributed by atoms with Gasteiger partial charge in [-0.3, -0.25) is 9.52 Å². The average Bonchev–Trinajstić information content (AvgIpc) is 3.05. The summed E-state index contributed by atoms with van der Waals surface area (Å²) in [4.78, 5) is 23.1. The Kier molecular flexibility index (Phi) is 5.32. The lowest BCUT2D eigenvalue weighted by molar-refractivity contribution is -0.114. The Morgan fingerprint density at radius 3 is 2.50 bits per heavy atom. The molecule has 0 saturated carbocycles. The number of hydrogen-bond donors (Lipinski definition) is 2. The molecule has 0 aliphatic rings. The molecule has 3 aromatic rings. The normalized spacial score (nSPS) is 11.2. The number of nitrogens with one attached hydrogen (secondary N) is 2. The van der Waals surface area contributed by atoms with Crippen molar-refractivity contribution in [1.82, 2.24) is 9.61 Å². The maximum Gasteiger partial charge on any atom is 0.341 e. The fraction of sp³-hybridized carbons (Fsp3) is 0.167. The molecule has 3 rings (SSSR count). The number of aromatic nitrogens is 2. The minimum Gasteiger partial charge on any atom is -0.462 e. The summed E-state index contributed by atoms with van der Waals surface area (Å²) in [7, 11) is -3.86.